The molecule has 0 radical (unpaired) electrons. The number of allylic oxidation sites excluding steroid dienone is 1. The van der Waals surface area contributed by atoms with Gasteiger partial charge in [-0.05, 0) is 105 Å². The Bertz CT molecular complexity index is 947. The highest BCUT2D eigenvalue weighted by atomic mass is 16.7. The molecule has 1 aromatic rings. The van der Waals surface area contributed by atoms with Gasteiger partial charge in [-0.2, -0.15) is 0 Å². The van der Waals surface area contributed by atoms with E-state index in [0.717, 1.165) is 43.1 Å². The molecule has 35 heavy (non-hydrogen) atoms. The van der Waals surface area contributed by atoms with E-state index in [1.807, 2.05) is 12.1 Å². The van der Waals surface area contributed by atoms with Gasteiger partial charge in [-0.1, -0.05) is 37.6 Å². The summed E-state index contributed by atoms with van der Waals surface area (Å²) in [6.45, 7) is 9.59. The van der Waals surface area contributed by atoms with Gasteiger partial charge in [0.15, 0.2) is 5.79 Å². The van der Waals surface area contributed by atoms with Gasteiger partial charge in [-0.25, -0.2) is 0 Å². The molecule has 4 heteroatoms. The Labute approximate surface area is 211 Å². The number of ether oxygens (including phenoxy) is 4. The van der Waals surface area contributed by atoms with E-state index in [1.54, 1.807) is 12.7 Å². The minimum absolute atomic E-state index is 0.342. The van der Waals surface area contributed by atoms with Crippen molar-refractivity contribution in [3.63, 3.8) is 0 Å². The molecule has 4 aliphatic carbocycles. The molecule has 4 nitrogen and oxygen atoms in total. The molecule has 0 unspecified atom stereocenters. The molecule has 4 fully saturated rings. The molecule has 6 rings (SSSR count). The van der Waals surface area contributed by atoms with Crippen molar-refractivity contribution in [1.82, 2.24) is 0 Å². The molecule has 0 amide bonds. The molecule has 1 aliphatic heterocycles. The maximum absolute atomic E-state index is 6.43. The largest absolute Gasteiger partial charge is 0.497 e. The van der Waals surface area contributed by atoms with Gasteiger partial charge in [0.2, 0.25) is 0 Å². The molecule has 0 N–H and O–H groups in total. The van der Waals surface area contributed by atoms with E-state index in [9.17, 15) is 0 Å². The summed E-state index contributed by atoms with van der Waals surface area (Å²) >= 11 is 0. The SMILES string of the molecule is COc1ccc(CO[C@H]2CC[C@@]3(C)C(=CC[C@H]4[C@@H]5CC[C@H](C6(C)OCCO6)[C@@]5(C)CC[C@@H]43)C2)cc1. The first-order valence-electron chi connectivity index (χ1n) is 14.1. The lowest BCUT2D eigenvalue weighted by molar-refractivity contribution is -0.214. The maximum atomic E-state index is 6.43. The number of methoxy groups -OCH3 is 1. The zero-order chi connectivity index (χ0) is 24.3. The van der Waals surface area contributed by atoms with Crippen LogP contribution in [0.25, 0.3) is 0 Å². The van der Waals surface area contributed by atoms with E-state index in [-0.39, 0.29) is 5.79 Å². The molecular formula is C31H44O4. The Hall–Kier alpha value is -1.36. The third-order valence-corrected chi connectivity index (χ3v) is 11.2. The standard InChI is InChI=1S/C31H44O4/c1-29-15-13-24(33-20-21-5-8-23(32-4)9-6-21)19-22(29)7-10-25-26-11-12-28(31(3)34-17-18-35-31)30(26,2)16-14-27(25)29/h5-9,24-28H,10-20H2,1-4H3/t24-,25-,26-,27-,28-,29-,30-/m0/s1. The summed E-state index contributed by atoms with van der Waals surface area (Å²) in [7, 11) is 1.71. The lowest BCUT2D eigenvalue weighted by Crippen LogP contribution is -2.53. The molecule has 1 aromatic carbocycles. The van der Waals surface area contributed by atoms with Crippen LogP contribution in [-0.4, -0.2) is 32.2 Å². The van der Waals surface area contributed by atoms with Crippen molar-refractivity contribution in [3.05, 3.63) is 41.5 Å². The van der Waals surface area contributed by atoms with Crippen molar-refractivity contribution >= 4 is 0 Å². The smallest absolute Gasteiger partial charge is 0.169 e. The van der Waals surface area contributed by atoms with E-state index >= 15 is 0 Å². The highest BCUT2D eigenvalue weighted by Gasteiger charge is 2.62. The van der Waals surface area contributed by atoms with Gasteiger partial charge in [-0.3, -0.25) is 0 Å². The van der Waals surface area contributed by atoms with E-state index in [4.69, 9.17) is 18.9 Å². The van der Waals surface area contributed by atoms with Gasteiger partial charge in [0.1, 0.15) is 5.75 Å². The zero-order valence-corrected chi connectivity index (χ0v) is 22.2. The predicted molar refractivity (Wildman–Crippen MR) is 137 cm³/mol. The van der Waals surface area contributed by atoms with Crippen LogP contribution in [0.2, 0.25) is 0 Å². The molecule has 0 spiro atoms. The van der Waals surface area contributed by atoms with Crippen LogP contribution in [0.4, 0.5) is 0 Å². The number of hydrogen-bond acceptors (Lipinski definition) is 4. The van der Waals surface area contributed by atoms with Crippen molar-refractivity contribution < 1.29 is 18.9 Å². The maximum Gasteiger partial charge on any atom is 0.169 e. The van der Waals surface area contributed by atoms with Gasteiger partial charge in [0.05, 0.1) is 33.0 Å². The second-order valence-corrected chi connectivity index (χ2v) is 12.7. The summed E-state index contributed by atoms with van der Waals surface area (Å²) in [6.07, 6.45) is 13.1. The average Bonchev–Trinajstić information content (AvgIpc) is 3.46. The quantitative estimate of drug-likeness (QED) is 0.429. The molecule has 5 aliphatic rings. The lowest BCUT2D eigenvalue weighted by Gasteiger charge is -2.59. The number of hydrogen-bond donors (Lipinski definition) is 0. The van der Waals surface area contributed by atoms with Gasteiger partial charge in [0.25, 0.3) is 0 Å². The van der Waals surface area contributed by atoms with Crippen molar-refractivity contribution in [2.24, 2.45) is 34.5 Å². The molecule has 0 aromatic heterocycles. The molecule has 0 bridgehead atoms. The molecule has 7 atom stereocenters. The Morgan fingerprint density at radius 2 is 1.69 bits per heavy atom. The normalized spacial score (nSPS) is 42.1. The van der Waals surface area contributed by atoms with Crippen molar-refractivity contribution in [1.29, 1.82) is 0 Å². The minimum Gasteiger partial charge on any atom is -0.497 e. The molecule has 1 heterocycles. The van der Waals surface area contributed by atoms with Crippen LogP contribution in [0.5, 0.6) is 5.75 Å². The average molecular weight is 481 g/mol. The monoisotopic (exact) mass is 480 g/mol. The number of benzene rings is 1. The highest BCUT2D eigenvalue weighted by Crippen LogP contribution is 2.68. The Kier molecular flexibility index (Phi) is 6.09. The first-order chi connectivity index (χ1) is 16.9. The molecule has 3 saturated carbocycles. The third-order valence-electron chi connectivity index (χ3n) is 11.2. The minimum atomic E-state index is -0.366. The predicted octanol–water partition coefficient (Wildman–Crippen LogP) is 6.92. The fraction of sp³-hybridized carbons (Fsp3) is 0.742. The van der Waals surface area contributed by atoms with E-state index < -0.39 is 0 Å². The second-order valence-electron chi connectivity index (χ2n) is 12.7. The van der Waals surface area contributed by atoms with Crippen LogP contribution in [0.3, 0.4) is 0 Å². The summed E-state index contributed by atoms with van der Waals surface area (Å²) in [5.74, 6) is 3.50. The van der Waals surface area contributed by atoms with Crippen LogP contribution in [0.15, 0.2) is 35.9 Å². The summed E-state index contributed by atoms with van der Waals surface area (Å²) in [5, 5.41) is 0. The molecule has 192 valence electrons. The van der Waals surface area contributed by atoms with E-state index in [1.165, 1.54) is 50.5 Å². The Balaban J connectivity index is 1.14. The fourth-order valence-corrected chi connectivity index (χ4v) is 9.30. The Morgan fingerprint density at radius 1 is 0.914 bits per heavy atom. The fourth-order valence-electron chi connectivity index (χ4n) is 9.30. The summed E-state index contributed by atoms with van der Waals surface area (Å²) in [4.78, 5) is 0. The topological polar surface area (TPSA) is 36.9 Å². The highest BCUT2D eigenvalue weighted by molar-refractivity contribution is 5.28. The summed E-state index contributed by atoms with van der Waals surface area (Å²) < 4.78 is 24.1. The van der Waals surface area contributed by atoms with Crippen molar-refractivity contribution in [2.45, 2.75) is 90.6 Å². The van der Waals surface area contributed by atoms with E-state index in [0.29, 0.717) is 29.5 Å². The zero-order valence-electron chi connectivity index (χ0n) is 22.2. The Morgan fingerprint density at radius 3 is 2.43 bits per heavy atom. The van der Waals surface area contributed by atoms with Crippen molar-refractivity contribution in [3.8, 4) is 5.75 Å². The van der Waals surface area contributed by atoms with E-state index in [2.05, 4.69) is 39.0 Å². The second kappa shape index (κ2) is 8.89. The molecular weight excluding hydrogens is 436 g/mol. The van der Waals surface area contributed by atoms with Crippen LogP contribution in [0, 0.1) is 34.5 Å². The van der Waals surface area contributed by atoms with Gasteiger partial charge in [0, 0.05) is 5.92 Å². The van der Waals surface area contributed by atoms with Crippen LogP contribution < -0.4 is 4.74 Å². The van der Waals surface area contributed by atoms with Crippen LogP contribution in [-0.2, 0) is 20.8 Å². The summed E-state index contributed by atoms with van der Waals surface area (Å²) in [5.41, 5.74) is 3.62. The number of rotatable bonds is 5. The first kappa shape index (κ1) is 24.0. The molecule has 1 saturated heterocycles. The van der Waals surface area contributed by atoms with Gasteiger partial charge >= 0.3 is 0 Å². The third kappa shape index (κ3) is 3.90. The van der Waals surface area contributed by atoms with Crippen LogP contribution >= 0.6 is 0 Å². The van der Waals surface area contributed by atoms with Crippen LogP contribution in [0.1, 0.15) is 77.7 Å². The lowest BCUT2D eigenvalue weighted by atomic mass is 9.47. The number of fused-ring (bicyclic) bond motifs is 5. The van der Waals surface area contributed by atoms with Gasteiger partial charge < -0.3 is 18.9 Å². The summed E-state index contributed by atoms with van der Waals surface area (Å²) in [6, 6.07) is 8.28. The van der Waals surface area contributed by atoms with Gasteiger partial charge in [-0.15, -0.1) is 0 Å². The van der Waals surface area contributed by atoms with Crippen molar-refractivity contribution in [2.75, 3.05) is 20.3 Å². The first-order valence-corrected chi connectivity index (χ1v) is 14.1.